The minimum absolute atomic E-state index is 0.0953. The zero-order valence-electron chi connectivity index (χ0n) is 14.0. The van der Waals surface area contributed by atoms with E-state index in [9.17, 15) is 4.79 Å². The Kier molecular flexibility index (Phi) is 8.03. The number of likely N-dealkylation sites (tertiary alicyclic amines) is 1. The van der Waals surface area contributed by atoms with Crippen molar-refractivity contribution in [2.75, 3.05) is 19.6 Å². The molecule has 1 saturated heterocycles. The van der Waals surface area contributed by atoms with Gasteiger partial charge in [-0.1, -0.05) is 35.7 Å². The van der Waals surface area contributed by atoms with Crippen LogP contribution in [0.3, 0.4) is 0 Å². The van der Waals surface area contributed by atoms with Gasteiger partial charge in [0.05, 0.1) is 6.04 Å². The molecule has 1 aliphatic rings. The van der Waals surface area contributed by atoms with Crippen molar-refractivity contribution in [3.63, 3.8) is 0 Å². The minimum atomic E-state index is -0.452. The summed E-state index contributed by atoms with van der Waals surface area (Å²) in [4.78, 5) is 14.8. The van der Waals surface area contributed by atoms with E-state index in [1.165, 1.54) is 19.3 Å². The second-order valence-electron chi connectivity index (χ2n) is 6.92. The molecular formula is C16H31BrN2O2. The van der Waals surface area contributed by atoms with Crippen LogP contribution in [0, 0.1) is 0 Å². The number of nitrogens with one attached hydrogen (secondary N) is 1. The van der Waals surface area contributed by atoms with Gasteiger partial charge in [0.1, 0.15) is 5.60 Å². The van der Waals surface area contributed by atoms with Gasteiger partial charge in [-0.3, -0.25) is 0 Å². The molecule has 1 rings (SSSR count). The quantitative estimate of drug-likeness (QED) is 0.727. The van der Waals surface area contributed by atoms with Crippen molar-refractivity contribution < 1.29 is 9.53 Å². The van der Waals surface area contributed by atoms with Gasteiger partial charge >= 0.3 is 6.09 Å². The molecule has 0 aliphatic carbocycles. The van der Waals surface area contributed by atoms with Crippen molar-refractivity contribution in [1.82, 2.24) is 10.2 Å². The van der Waals surface area contributed by atoms with Crippen LogP contribution in [0.1, 0.15) is 59.8 Å². The van der Waals surface area contributed by atoms with E-state index in [2.05, 4.69) is 33.1 Å². The number of piperidine rings is 1. The van der Waals surface area contributed by atoms with Gasteiger partial charge in [0.2, 0.25) is 0 Å². The van der Waals surface area contributed by atoms with E-state index >= 15 is 0 Å². The van der Waals surface area contributed by atoms with Gasteiger partial charge in [0.25, 0.3) is 0 Å². The maximum absolute atomic E-state index is 12.0. The number of ether oxygens (including phenoxy) is 1. The Bertz CT molecular complexity index is 312. The van der Waals surface area contributed by atoms with Crippen molar-refractivity contribution in [3.8, 4) is 0 Å². The number of carbonyl (C=O) groups is 1. The molecule has 1 aliphatic heterocycles. The summed E-state index contributed by atoms with van der Waals surface area (Å²) in [5.74, 6) is 0. The smallest absolute Gasteiger partial charge is 0.407 e. The minimum Gasteiger partial charge on any atom is -0.444 e. The second kappa shape index (κ2) is 8.99. The fourth-order valence-electron chi connectivity index (χ4n) is 2.61. The maximum atomic E-state index is 12.0. The maximum Gasteiger partial charge on any atom is 0.407 e. The molecule has 5 heteroatoms. The van der Waals surface area contributed by atoms with Crippen molar-refractivity contribution in [1.29, 1.82) is 0 Å². The van der Waals surface area contributed by atoms with Crippen LogP contribution < -0.4 is 5.32 Å². The molecule has 0 saturated carbocycles. The number of hydrogen-bond donors (Lipinski definition) is 1. The number of carbonyl (C=O) groups excluding carboxylic acids is 1. The lowest BCUT2D eigenvalue weighted by Crippen LogP contribution is -2.50. The van der Waals surface area contributed by atoms with Crippen LogP contribution in [-0.4, -0.2) is 47.1 Å². The zero-order chi connectivity index (χ0) is 15.9. The molecule has 124 valence electrons. The van der Waals surface area contributed by atoms with Gasteiger partial charge in [-0.05, 0) is 53.1 Å². The number of alkyl halides is 1. The molecule has 0 aromatic rings. The van der Waals surface area contributed by atoms with E-state index in [1.807, 2.05) is 20.8 Å². The molecule has 0 aromatic carbocycles. The largest absolute Gasteiger partial charge is 0.444 e. The predicted molar refractivity (Wildman–Crippen MR) is 91.1 cm³/mol. The lowest BCUT2D eigenvalue weighted by molar-refractivity contribution is 0.0487. The van der Waals surface area contributed by atoms with Crippen LogP contribution in [0.15, 0.2) is 0 Å². The number of rotatable bonds is 6. The van der Waals surface area contributed by atoms with Gasteiger partial charge < -0.3 is 15.0 Å². The highest BCUT2D eigenvalue weighted by Gasteiger charge is 2.26. The summed E-state index contributed by atoms with van der Waals surface area (Å²) in [6, 6.07) is 0.0953. The van der Waals surface area contributed by atoms with Crippen LogP contribution in [0.2, 0.25) is 0 Å². The Balaban J connectivity index is 2.56. The topological polar surface area (TPSA) is 41.6 Å². The lowest BCUT2D eigenvalue weighted by Gasteiger charge is -2.33. The third-order valence-corrected chi connectivity index (χ3v) is 4.70. The normalized spacial score (nSPS) is 19.9. The van der Waals surface area contributed by atoms with Gasteiger partial charge in [0, 0.05) is 11.4 Å². The highest BCUT2D eigenvalue weighted by atomic mass is 79.9. The molecule has 0 bridgehead atoms. The zero-order valence-corrected chi connectivity index (χ0v) is 15.5. The van der Waals surface area contributed by atoms with Crippen LogP contribution in [-0.2, 0) is 4.74 Å². The number of hydrogen-bond acceptors (Lipinski definition) is 3. The van der Waals surface area contributed by atoms with E-state index < -0.39 is 5.60 Å². The van der Waals surface area contributed by atoms with Crippen LogP contribution in [0.5, 0.6) is 0 Å². The molecule has 1 fully saturated rings. The third kappa shape index (κ3) is 8.05. The van der Waals surface area contributed by atoms with Gasteiger partial charge in [-0.25, -0.2) is 4.79 Å². The third-order valence-electron chi connectivity index (χ3n) is 3.61. The van der Waals surface area contributed by atoms with Crippen molar-refractivity contribution in [3.05, 3.63) is 0 Å². The Morgan fingerprint density at radius 2 is 1.90 bits per heavy atom. The van der Waals surface area contributed by atoms with Crippen molar-refractivity contribution in [2.24, 2.45) is 0 Å². The summed E-state index contributed by atoms with van der Waals surface area (Å²) in [5, 5.41) is 3.06. The van der Waals surface area contributed by atoms with Crippen molar-refractivity contribution >= 4 is 22.0 Å². The number of amides is 1. The predicted octanol–water partition coefficient (Wildman–Crippen LogP) is 3.93. The molecule has 0 radical (unpaired) electrons. The number of nitrogens with zero attached hydrogens (tertiary/aromatic N) is 1. The fraction of sp³-hybridized carbons (Fsp3) is 0.938. The molecule has 0 spiro atoms. The number of halogens is 1. The van der Waals surface area contributed by atoms with E-state index in [0.717, 1.165) is 32.5 Å². The van der Waals surface area contributed by atoms with E-state index in [1.54, 1.807) is 0 Å². The molecular weight excluding hydrogens is 332 g/mol. The first-order chi connectivity index (χ1) is 9.81. The second-order valence-corrected chi connectivity index (χ2v) is 8.09. The molecule has 0 unspecified atom stereocenters. The molecule has 1 amide bonds. The average Bonchev–Trinajstić information content (AvgIpc) is 2.37. The summed E-state index contributed by atoms with van der Waals surface area (Å²) in [5.41, 5.74) is -0.452. The molecule has 1 heterocycles. The molecule has 21 heavy (non-hydrogen) atoms. The molecule has 4 nitrogen and oxygen atoms in total. The highest BCUT2D eigenvalue weighted by molar-refractivity contribution is 9.09. The summed E-state index contributed by atoms with van der Waals surface area (Å²) in [7, 11) is 0. The average molecular weight is 363 g/mol. The Morgan fingerprint density at radius 3 is 2.43 bits per heavy atom. The van der Waals surface area contributed by atoms with Gasteiger partial charge in [-0.2, -0.15) is 0 Å². The molecule has 2 atom stereocenters. The number of alkyl carbamates (subject to hydrolysis) is 1. The summed E-state index contributed by atoms with van der Waals surface area (Å²) in [6.45, 7) is 11.0. The summed E-state index contributed by atoms with van der Waals surface area (Å²) >= 11 is 3.74. The SMILES string of the molecule is CCC[C@H](Br)[C@@H](CN1CCCCC1)NC(=O)OC(C)(C)C. The Hall–Kier alpha value is -0.290. The first kappa shape index (κ1) is 18.8. The van der Waals surface area contributed by atoms with E-state index in [4.69, 9.17) is 4.74 Å². The molecule has 0 aromatic heterocycles. The van der Waals surface area contributed by atoms with Crippen LogP contribution in [0.25, 0.3) is 0 Å². The van der Waals surface area contributed by atoms with E-state index in [-0.39, 0.29) is 17.0 Å². The summed E-state index contributed by atoms with van der Waals surface area (Å²) < 4.78 is 5.40. The van der Waals surface area contributed by atoms with Gasteiger partial charge in [-0.15, -0.1) is 0 Å². The molecule has 1 N–H and O–H groups in total. The first-order valence-electron chi connectivity index (χ1n) is 8.17. The van der Waals surface area contributed by atoms with Gasteiger partial charge in [0.15, 0.2) is 0 Å². The van der Waals surface area contributed by atoms with Crippen molar-refractivity contribution in [2.45, 2.75) is 76.3 Å². The monoisotopic (exact) mass is 362 g/mol. The Labute approximate surface area is 138 Å². The summed E-state index contributed by atoms with van der Waals surface area (Å²) in [6.07, 6.45) is 5.69. The Morgan fingerprint density at radius 1 is 1.29 bits per heavy atom. The lowest BCUT2D eigenvalue weighted by atomic mass is 10.1. The van der Waals surface area contributed by atoms with Crippen LogP contribution >= 0.6 is 15.9 Å². The van der Waals surface area contributed by atoms with Crippen LogP contribution in [0.4, 0.5) is 4.79 Å². The standard InChI is InChI=1S/C16H31BrN2O2/c1-5-9-13(17)14(12-19-10-7-6-8-11-19)18-15(20)21-16(2,3)4/h13-14H,5-12H2,1-4H3,(H,18,20)/t13-,14+/m0/s1. The fourth-order valence-corrected chi connectivity index (χ4v) is 3.36. The van der Waals surface area contributed by atoms with E-state index in [0.29, 0.717) is 0 Å². The highest BCUT2D eigenvalue weighted by Crippen LogP contribution is 2.17. The first-order valence-corrected chi connectivity index (χ1v) is 9.09.